The number of nitrogens with zero attached hydrogens (tertiary/aromatic N) is 2. The molecule has 1 fully saturated rings. The van der Waals surface area contributed by atoms with Gasteiger partial charge in [0.1, 0.15) is 0 Å². The molecule has 0 saturated carbocycles. The van der Waals surface area contributed by atoms with Gasteiger partial charge in [-0.05, 0) is 23.6 Å². The predicted molar refractivity (Wildman–Crippen MR) is 75.2 cm³/mol. The standard InChI is InChI=1S/C15H18F2N2O2/c16-15(17)5-4-11-2-1-3-13(12(11)10-15)18-6-8-19(9-7-18)14(20)21/h1-3H,4-10H2,(H,20,21). The summed E-state index contributed by atoms with van der Waals surface area (Å²) in [4.78, 5) is 14.3. The first-order valence-electron chi connectivity index (χ1n) is 7.18. The maximum absolute atomic E-state index is 13.7. The van der Waals surface area contributed by atoms with E-state index in [4.69, 9.17) is 5.11 Å². The van der Waals surface area contributed by atoms with E-state index in [-0.39, 0.29) is 12.8 Å². The van der Waals surface area contributed by atoms with Gasteiger partial charge in [-0.2, -0.15) is 0 Å². The molecule has 3 rings (SSSR count). The van der Waals surface area contributed by atoms with E-state index in [1.807, 2.05) is 23.1 Å². The number of anilines is 1. The van der Waals surface area contributed by atoms with Crippen molar-refractivity contribution < 1.29 is 18.7 Å². The number of fused-ring (bicyclic) bond motifs is 1. The summed E-state index contributed by atoms with van der Waals surface area (Å²) in [7, 11) is 0. The summed E-state index contributed by atoms with van der Waals surface area (Å²) in [5.41, 5.74) is 2.58. The molecule has 1 aromatic carbocycles. The molecule has 0 radical (unpaired) electrons. The first-order chi connectivity index (χ1) is 9.96. The van der Waals surface area contributed by atoms with Crippen molar-refractivity contribution in [2.45, 2.75) is 25.2 Å². The molecular weight excluding hydrogens is 278 g/mol. The molecule has 0 unspecified atom stereocenters. The normalized spacial score (nSPS) is 21.0. The van der Waals surface area contributed by atoms with Crippen LogP contribution in [-0.4, -0.2) is 48.2 Å². The Hall–Kier alpha value is -1.85. The average molecular weight is 296 g/mol. The minimum absolute atomic E-state index is 0.0871. The number of rotatable bonds is 1. The van der Waals surface area contributed by atoms with Gasteiger partial charge in [0.15, 0.2) is 0 Å². The van der Waals surface area contributed by atoms with Crippen molar-refractivity contribution in [1.82, 2.24) is 4.90 Å². The zero-order valence-electron chi connectivity index (χ0n) is 11.7. The van der Waals surface area contributed by atoms with Gasteiger partial charge < -0.3 is 14.9 Å². The van der Waals surface area contributed by atoms with Gasteiger partial charge in [0.25, 0.3) is 5.92 Å². The Labute approximate surface area is 122 Å². The third-order valence-electron chi connectivity index (χ3n) is 4.33. The number of alkyl halides is 2. The molecule has 4 nitrogen and oxygen atoms in total. The highest BCUT2D eigenvalue weighted by Gasteiger charge is 2.36. The number of piperazine rings is 1. The van der Waals surface area contributed by atoms with E-state index in [0.717, 1.165) is 16.8 Å². The lowest BCUT2D eigenvalue weighted by atomic mass is 9.87. The van der Waals surface area contributed by atoms with Crippen LogP contribution in [0.4, 0.5) is 19.3 Å². The number of benzene rings is 1. The number of carbonyl (C=O) groups is 1. The lowest BCUT2D eigenvalue weighted by molar-refractivity contribution is -0.0121. The van der Waals surface area contributed by atoms with Gasteiger partial charge in [0, 0.05) is 44.7 Å². The van der Waals surface area contributed by atoms with E-state index >= 15 is 0 Å². The van der Waals surface area contributed by atoms with Crippen LogP contribution in [0.15, 0.2) is 18.2 Å². The second-order valence-electron chi connectivity index (χ2n) is 5.70. The van der Waals surface area contributed by atoms with Crippen molar-refractivity contribution >= 4 is 11.8 Å². The first kappa shape index (κ1) is 14.1. The third-order valence-corrected chi connectivity index (χ3v) is 4.33. The van der Waals surface area contributed by atoms with Gasteiger partial charge in [0.05, 0.1) is 0 Å². The highest BCUT2D eigenvalue weighted by atomic mass is 19.3. The molecule has 1 saturated heterocycles. The molecule has 114 valence electrons. The summed E-state index contributed by atoms with van der Waals surface area (Å²) in [5, 5.41) is 8.96. The molecule has 21 heavy (non-hydrogen) atoms. The largest absolute Gasteiger partial charge is 0.465 e. The first-order valence-corrected chi connectivity index (χ1v) is 7.18. The summed E-state index contributed by atoms with van der Waals surface area (Å²) >= 11 is 0. The van der Waals surface area contributed by atoms with E-state index in [1.54, 1.807) is 0 Å². The Morgan fingerprint density at radius 1 is 1.19 bits per heavy atom. The van der Waals surface area contributed by atoms with Crippen LogP contribution in [0.2, 0.25) is 0 Å². The number of amides is 1. The van der Waals surface area contributed by atoms with E-state index in [2.05, 4.69) is 0 Å². The van der Waals surface area contributed by atoms with Crippen molar-refractivity contribution in [3.8, 4) is 0 Å². The SMILES string of the molecule is O=C(O)N1CCN(c2cccc3c2CC(F)(F)CC3)CC1. The van der Waals surface area contributed by atoms with E-state index in [0.29, 0.717) is 32.6 Å². The number of carboxylic acid groups (broad SMARTS) is 1. The van der Waals surface area contributed by atoms with E-state index < -0.39 is 12.0 Å². The zero-order chi connectivity index (χ0) is 15.0. The highest BCUT2D eigenvalue weighted by molar-refractivity contribution is 5.66. The monoisotopic (exact) mass is 296 g/mol. The van der Waals surface area contributed by atoms with E-state index in [9.17, 15) is 13.6 Å². The van der Waals surface area contributed by atoms with Gasteiger partial charge in [-0.3, -0.25) is 0 Å². The fourth-order valence-electron chi connectivity index (χ4n) is 3.16. The second-order valence-corrected chi connectivity index (χ2v) is 5.70. The van der Waals surface area contributed by atoms with Crippen LogP contribution in [0, 0.1) is 0 Å². The molecule has 0 spiro atoms. The summed E-state index contributed by atoms with van der Waals surface area (Å²) in [6.07, 6.45) is -0.810. The Bertz CT molecular complexity index is 555. The lowest BCUT2D eigenvalue weighted by Crippen LogP contribution is -2.48. The molecule has 1 amide bonds. The molecule has 1 aromatic rings. The molecule has 1 N–H and O–H groups in total. The fourth-order valence-corrected chi connectivity index (χ4v) is 3.16. The summed E-state index contributed by atoms with van der Waals surface area (Å²) in [6, 6.07) is 5.69. The molecule has 6 heteroatoms. The molecule has 0 bridgehead atoms. The number of hydrogen-bond donors (Lipinski definition) is 1. The lowest BCUT2D eigenvalue weighted by Gasteiger charge is -2.37. The average Bonchev–Trinajstić information content (AvgIpc) is 2.46. The van der Waals surface area contributed by atoms with Gasteiger partial charge in [-0.15, -0.1) is 0 Å². The molecule has 1 aliphatic carbocycles. The highest BCUT2D eigenvalue weighted by Crippen LogP contribution is 2.38. The van der Waals surface area contributed by atoms with E-state index in [1.165, 1.54) is 4.90 Å². The predicted octanol–water partition coefficient (Wildman–Crippen LogP) is 2.61. The summed E-state index contributed by atoms with van der Waals surface area (Å²) < 4.78 is 27.4. The maximum Gasteiger partial charge on any atom is 0.407 e. The van der Waals surface area contributed by atoms with Crippen molar-refractivity contribution in [1.29, 1.82) is 0 Å². The van der Waals surface area contributed by atoms with Gasteiger partial charge in [-0.25, -0.2) is 13.6 Å². The Morgan fingerprint density at radius 3 is 2.57 bits per heavy atom. The molecule has 1 heterocycles. The molecule has 2 aliphatic rings. The molecule has 0 atom stereocenters. The fraction of sp³-hybridized carbons (Fsp3) is 0.533. The van der Waals surface area contributed by atoms with Crippen molar-refractivity contribution in [3.05, 3.63) is 29.3 Å². The quantitative estimate of drug-likeness (QED) is 0.866. The third kappa shape index (κ3) is 2.80. The minimum Gasteiger partial charge on any atom is -0.465 e. The van der Waals surface area contributed by atoms with Crippen molar-refractivity contribution in [2.75, 3.05) is 31.1 Å². The Morgan fingerprint density at radius 2 is 1.90 bits per heavy atom. The van der Waals surface area contributed by atoms with Gasteiger partial charge in [0.2, 0.25) is 0 Å². The summed E-state index contributed by atoms with van der Waals surface area (Å²) in [6.45, 7) is 1.92. The maximum atomic E-state index is 13.7. The van der Waals surface area contributed by atoms with Crippen molar-refractivity contribution in [2.24, 2.45) is 0 Å². The Balaban J connectivity index is 1.83. The second kappa shape index (κ2) is 5.16. The van der Waals surface area contributed by atoms with Crippen LogP contribution in [0.5, 0.6) is 0 Å². The number of halogens is 2. The van der Waals surface area contributed by atoms with Crippen LogP contribution >= 0.6 is 0 Å². The molecule has 1 aliphatic heterocycles. The van der Waals surface area contributed by atoms with Gasteiger partial charge in [-0.1, -0.05) is 12.1 Å². The van der Waals surface area contributed by atoms with Crippen LogP contribution < -0.4 is 4.90 Å². The molecule has 0 aromatic heterocycles. The van der Waals surface area contributed by atoms with Crippen molar-refractivity contribution in [3.63, 3.8) is 0 Å². The number of aryl methyl sites for hydroxylation is 1. The van der Waals surface area contributed by atoms with Crippen LogP contribution in [0.25, 0.3) is 0 Å². The zero-order valence-corrected chi connectivity index (χ0v) is 11.7. The van der Waals surface area contributed by atoms with Crippen LogP contribution in [0.3, 0.4) is 0 Å². The number of hydrogen-bond acceptors (Lipinski definition) is 2. The topological polar surface area (TPSA) is 43.8 Å². The smallest absolute Gasteiger partial charge is 0.407 e. The van der Waals surface area contributed by atoms with Gasteiger partial charge >= 0.3 is 6.09 Å². The summed E-state index contributed by atoms with van der Waals surface area (Å²) in [5.74, 6) is -2.63. The minimum atomic E-state index is -2.63. The Kier molecular flexibility index (Phi) is 3.47. The molecular formula is C15H18F2N2O2. The van der Waals surface area contributed by atoms with Crippen LogP contribution in [0.1, 0.15) is 17.5 Å². The van der Waals surface area contributed by atoms with Crippen LogP contribution in [-0.2, 0) is 12.8 Å².